The van der Waals surface area contributed by atoms with Crippen LogP contribution in [0.5, 0.6) is 0 Å². The summed E-state index contributed by atoms with van der Waals surface area (Å²) in [6.45, 7) is 5.20. The molecule has 2 aliphatic rings. The molecule has 2 nitrogen and oxygen atoms in total. The fourth-order valence-electron chi connectivity index (χ4n) is 4.23. The summed E-state index contributed by atoms with van der Waals surface area (Å²) in [6.07, 6.45) is 5.87. The number of fused-ring (bicyclic) bond motifs is 1. The molecule has 0 saturated heterocycles. The molecule has 2 heteroatoms. The SMILES string of the molecule is CC1(C)CCC(O)(C2(CN)Cc3ccccc3C2)CC1. The maximum absolute atomic E-state index is 11.3. The molecule has 1 aromatic carbocycles. The first-order valence-electron chi connectivity index (χ1n) is 7.89. The number of hydrogen-bond donors (Lipinski definition) is 2. The van der Waals surface area contributed by atoms with E-state index in [0.29, 0.717) is 12.0 Å². The lowest BCUT2D eigenvalue weighted by atomic mass is 9.59. The molecule has 0 aliphatic heterocycles. The Balaban J connectivity index is 1.88. The van der Waals surface area contributed by atoms with Gasteiger partial charge in [0.05, 0.1) is 5.60 Å². The van der Waals surface area contributed by atoms with E-state index in [9.17, 15) is 5.11 Å². The molecule has 1 fully saturated rings. The molecular formula is C18H27NO. The van der Waals surface area contributed by atoms with Gasteiger partial charge in [0.1, 0.15) is 0 Å². The number of nitrogens with two attached hydrogens (primary N) is 1. The Morgan fingerprint density at radius 3 is 1.95 bits per heavy atom. The summed E-state index contributed by atoms with van der Waals surface area (Å²) in [5, 5.41) is 11.3. The third kappa shape index (κ3) is 2.10. The fourth-order valence-corrected chi connectivity index (χ4v) is 4.23. The molecular weight excluding hydrogens is 246 g/mol. The summed E-state index contributed by atoms with van der Waals surface area (Å²) < 4.78 is 0. The van der Waals surface area contributed by atoms with Gasteiger partial charge < -0.3 is 10.8 Å². The predicted octanol–water partition coefficient (Wildman–Crippen LogP) is 3.06. The molecule has 0 bridgehead atoms. The first kappa shape index (κ1) is 14.1. The van der Waals surface area contributed by atoms with Crippen LogP contribution >= 0.6 is 0 Å². The first-order valence-corrected chi connectivity index (χ1v) is 7.89. The minimum Gasteiger partial charge on any atom is -0.389 e. The topological polar surface area (TPSA) is 46.2 Å². The Kier molecular flexibility index (Phi) is 3.22. The van der Waals surface area contributed by atoms with E-state index in [4.69, 9.17) is 5.73 Å². The van der Waals surface area contributed by atoms with Crippen molar-refractivity contribution in [2.24, 2.45) is 16.6 Å². The maximum atomic E-state index is 11.3. The largest absolute Gasteiger partial charge is 0.389 e. The van der Waals surface area contributed by atoms with E-state index >= 15 is 0 Å². The summed E-state index contributed by atoms with van der Waals surface area (Å²) in [6, 6.07) is 8.59. The summed E-state index contributed by atoms with van der Waals surface area (Å²) in [5.74, 6) is 0. The van der Waals surface area contributed by atoms with E-state index in [1.165, 1.54) is 11.1 Å². The van der Waals surface area contributed by atoms with Crippen molar-refractivity contribution in [1.82, 2.24) is 0 Å². The average Bonchev–Trinajstić information content (AvgIpc) is 2.83. The molecule has 20 heavy (non-hydrogen) atoms. The maximum Gasteiger partial charge on any atom is 0.0722 e. The van der Waals surface area contributed by atoms with E-state index in [1.54, 1.807) is 0 Å². The molecule has 0 unspecified atom stereocenters. The number of aliphatic hydroxyl groups is 1. The molecule has 0 atom stereocenters. The normalized spacial score (nSPS) is 26.2. The third-order valence-corrected chi connectivity index (χ3v) is 5.98. The van der Waals surface area contributed by atoms with Gasteiger partial charge in [0, 0.05) is 12.0 Å². The van der Waals surface area contributed by atoms with Crippen molar-refractivity contribution in [3.63, 3.8) is 0 Å². The van der Waals surface area contributed by atoms with Crippen molar-refractivity contribution in [1.29, 1.82) is 0 Å². The van der Waals surface area contributed by atoms with Crippen LogP contribution < -0.4 is 5.73 Å². The predicted molar refractivity (Wildman–Crippen MR) is 82.5 cm³/mol. The second kappa shape index (κ2) is 4.57. The second-order valence-corrected chi connectivity index (χ2v) is 7.80. The Bertz CT molecular complexity index is 471. The highest BCUT2D eigenvalue weighted by molar-refractivity contribution is 5.36. The molecule has 0 aromatic heterocycles. The number of benzene rings is 1. The van der Waals surface area contributed by atoms with Crippen molar-refractivity contribution in [3.8, 4) is 0 Å². The van der Waals surface area contributed by atoms with Gasteiger partial charge in [0.2, 0.25) is 0 Å². The van der Waals surface area contributed by atoms with Crippen LogP contribution in [0.3, 0.4) is 0 Å². The van der Waals surface area contributed by atoms with E-state index < -0.39 is 5.60 Å². The van der Waals surface area contributed by atoms with E-state index in [2.05, 4.69) is 38.1 Å². The van der Waals surface area contributed by atoms with Gasteiger partial charge >= 0.3 is 0 Å². The smallest absolute Gasteiger partial charge is 0.0722 e. The average molecular weight is 273 g/mol. The van der Waals surface area contributed by atoms with Gasteiger partial charge in [-0.25, -0.2) is 0 Å². The molecule has 0 heterocycles. The standard InChI is InChI=1S/C18H27NO/c1-16(2)7-9-18(20,10-8-16)17(13-19)11-14-5-3-4-6-15(14)12-17/h3-6,20H,7-13,19H2,1-2H3. The fraction of sp³-hybridized carbons (Fsp3) is 0.667. The van der Waals surface area contributed by atoms with Crippen LogP contribution in [0.4, 0.5) is 0 Å². The molecule has 2 aliphatic carbocycles. The Hall–Kier alpha value is -0.860. The van der Waals surface area contributed by atoms with Crippen LogP contribution in [0.1, 0.15) is 50.7 Å². The molecule has 0 radical (unpaired) electrons. The zero-order valence-electron chi connectivity index (χ0n) is 12.8. The van der Waals surface area contributed by atoms with Crippen molar-refractivity contribution in [2.45, 2.75) is 58.0 Å². The summed E-state index contributed by atoms with van der Waals surface area (Å²) in [7, 11) is 0. The lowest BCUT2D eigenvalue weighted by molar-refractivity contribution is -0.118. The zero-order chi connectivity index (χ0) is 14.4. The third-order valence-electron chi connectivity index (χ3n) is 5.98. The Labute approximate surface area is 122 Å². The second-order valence-electron chi connectivity index (χ2n) is 7.80. The molecule has 1 saturated carbocycles. The van der Waals surface area contributed by atoms with Gasteiger partial charge in [-0.2, -0.15) is 0 Å². The van der Waals surface area contributed by atoms with Crippen LogP contribution in [0.25, 0.3) is 0 Å². The molecule has 3 rings (SSSR count). The van der Waals surface area contributed by atoms with E-state index in [0.717, 1.165) is 38.5 Å². The summed E-state index contributed by atoms with van der Waals surface area (Å²) >= 11 is 0. The van der Waals surface area contributed by atoms with Gasteiger partial charge in [-0.3, -0.25) is 0 Å². The van der Waals surface area contributed by atoms with Gasteiger partial charge in [-0.05, 0) is 55.1 Å². The highest BCUT2D eigenvalue weighted by Gasteiger charge is 2.54. The van der Waals surface area contributed by atoms with Gasteiger partial charge in [-0.1, -0.05) is 38.1 Å². The molecule has 0 spiro atoms. The highest BCUT2D eigenvalue weighted by atomic mass is 16.3. The lowest BCUT2D eigenvalue weighted by Gasteiger charge is -2.50. The summed E-state index contributed by atoms with van der Waals surface area (Å²) in [5.41, 5.74) is 8.58. The van der Waals surface area contributed by atoms with Gasteiger partial charge in [0.25, 0.3) is 0 Å². The van der Waals surface area contributed by atoms with Gasteiger partial charge in [-0.15, -0.1) is 0 Å². The minimum atomic E-state index is -0.587. The van der Waals surface area contributed by atoms with Crippen LogP contribution in [0, 0.1) is 10.8 Å². The van der Waals surface area contributed by atoms with Crippen LogP contribution in [0.2, 0.25) is 0 Å². The highest BCUT2D eigenvalue weighted by Crippen LogP contribution is 2.53. The van der Waals surface area contributed by atoms with Crippen molar-refractivity contribution < 1.29 is 5.11 Å². The lowest BCUT2D eigenvalue weighted by Crippen LogP contribution is -2.55. The zero-order valence-corrected chi connectivity index (χ0v) is 12.8. The van der Waals surface area contributed by atoms with E-state index in [-0.39, 0.29) is 5.41 Å². The minimum absolute atomic E-state index is 0.146. The molecule has 0 amide bonds. The first-order chi connectivity index (χ1) is 9.40. The molecule has 110 valence electrons. The van der Waals surface area contributed by atoms with Gasteiger partial charge in [0.15, 0.2) is 0 Å². The number of rotatable bonds is 2. The van der Waals surface area contributed by atoms with Crippen molar-refractivity contribution in [2.75, 3.05) is 6.54 Å². The van der Waals surface area contributed by atoms with Crippen LogP contribution in [0.15, 0.2) is 24.3 Å². The van der Waals surface area contributed by atoms with Crippen LogP contribution in [-0.4, -0.2) is 17.3 Å². The van der Waals surface area contributed by atoms with E-state index in [1.807, 2.05) is 0 Å². The summed E-state index contributed by atoms with van der Waals surface area (Å²) in [4.78, 5) is 0. The van der Waals surface area contributed by atoms with Crippen molar-refractivity contribution in [3.05, 3.63) is 35.4 Å². The number of hydrogen-bond acceptors (Lipinski definition) is 2. The molecule has 3 N–H and O–H groups in total. The quantitative estimate of drug-likeness (QED) is 0.870. The van der Waals surface area contributed by atoms with Crippen molar-refractivity contribution >= 4 is 0 Å². The Morgan fingerprint density at radius 1 is 1.00 bits per heavy atom. The molecule has 1 aromatic rings. The monoisotopic (exact) mass is 273 g/mol. The van der Waals surface area contributed by atoms with Crippen LogP contribution in [-0.2, 0) is 12.8 Å². The Morgan fingerprint density at radius 2 is 1.50 bits per heavy atom.